The maximum atomic E-state index is 12.1. The van der Waals surface area contributed by atoms with Crippen LogP contribution in [0.5, 0.6) is 0 Å². The Kier molecular flexibility index (Phi) is 11.0. The van der Waals surface area contributed by atoms with Crippen molar-refractivity contribution in [3.8, 4) is 22.4 Å². The van der Waals surface area contributed by atoms with Gasteiger partial charge in [0.05, 0.1) is 5.52 Å². The van der Waals surface area contributed by atoms with E-state index in [1.54, 1.807) is 6.08 Å². The van der Waals surface area contributed by atoms with E-state index in [-0.39, 0.29) is 36.7 Å². The molecule has 4 aliphatic rings. The van der Waals surface area contributed by atoms with Crippen LogP contribution >= 0.6 is 0 Å². The van der Waals surface area contributed by atoms with E-state index in [1.807, 2.05) is 39.8 Å². The van der Waals surface area contributed by atoms with E-state index in [0.29, 0.717) is 5.76 Å². The molecular formula is C51H53IrN2O2-. The molecule has 5 aromatic carbocycles. The number of rotatable bonds is 6. The number of nitrogens with zero attached hydrogens (tertiary/aromatic N) is 2. The summed E-state index contributed by atoms with van der Waals surface area (Å²) in [6, 6.07) is 42.0. The van der Waals surface area contributed by atoms with Crippen molar-refractivity contribution in [3.63, 3.8) is 0 Å². The molecule has 0 unspecified atom stereocenters. The Morgan fingerprint density at radius 2 is 1.34 bits per heavy atom. The fraction of sp³-hybridized carbons (Fsp3) is 0.353. The number of ketones is 1. The predicted molar refractivity (Wildman–Crippen MR) is 226 cm³/mol. The van der Waals surface area contributed by atoms with Crippen LogP contribution in [0.3, 0.4) is 0 Å². The predicted octanol–water partition coefficient (Wildman–Crippen LogP) is 12.8. The molecule has 0 saturated heterocycles. The van der Waals surface area contributed by atoms with Crippen molar-refractivity contribution in [1.29, 1.82) is 0 Å². The van der Waals surface area contributed by atoms with E-state index >= 15 is 0 Å². The molecule has 289 valence electrons. The van der Waals surface area contributed by atoms with Crippen LogP contribution in [0.2, 0.25) is 0 Å². The van der Waals surface area contributed by atoms with Crippen LogP contribution in [0.15, 0.2) is 121 Å². The van der Waals surface area contributed by atoms with Crippen molar-refractivity contribution in [2.45, 2.75) is 85.5 Å². The van der Waals surface area contributed by atoms with Gasteiger partial charge in [0, 0.05) is 42.4 Å². The molecule has 4 nitrogen and oxygen atoms in total. The third-order valence-electron chi connectivity index (χ3n) is 12.8. The van der Waals surface area contributed by atoms with Crippen molar-refractivity contribution < 1.29 is 30.0 Å². The number of hydrogen-bond donors (Lipinski definition) is 1. The van der Waals surface area contributed by atoms with E-state index in [4.69, 9.17) is 9.97 Å². The summed E-state index contributed by atoms with van der Waals surface area (Å²) in [5.74, 6) is 3.61. The molecule has 4 bridgehead atoms. The van der Waals surface area contributed by atoms with Crippen LogP contribution in [0, 0.1) is 41.6 Å². The Balaban J connectivity index is 0.000000203. The number of aromatic nitrogens is 2. The van der Waals surface area contributed by atoms with Gasteiger partial charge in [-0.2, -0.15) is 0 Å². The smallest absolute Gasteiger partial charge is 0.164 e. The molecule has 4 aliphatic carbocycles. The summed E-state index contributed by atoms with van der Waals surface area (Å²) in [4.78, 5) is 21.9. The van der Waals surface area contributed by atoms with E-state index in [9.17, 15) is 9.90 Å². The number of aliphatic hydroxyl groups is 1. The van der Waals surface area contributed by atoms with Gasteiger partial charge in [-0.1, -0.05) is 120 Å². The van der Waals surface area contributed by atoms with Gasteiger partial charge in [0.2, 0.25) is 0 Å². The first kappa shape index (κ1) is 39.8. The van der Waals surface area contributed by atoms with Gasteiger partial charge in [-0.15, -0.1) is 35.4 Å². The number of fused-ring (bicyclic) bond motifs is 3. The molecule has 0 spiro atoms. The molecule has 1 radical (unpaired) electrons. The van der Waals surface area contributed by atoms with Gasteiger partial charge in [-0.05, 0) is 108 Å². The minimum absolute atomic E-state index is 0. The normalized spacial score (nSPS) is 21.7. The maximum Gasteiger partial charge on any atom is 0.164 e. The first-order valence-electron chi connectivity index (χ1n) is 20.1. The number of hydrogen-bond acceptors (Lipinski definition) is 4. The fourth-order valence-electron chi connectivity index (χ4n) is 9.98. The second-order valence-electron chi connectivity index (χ2n) is 18.2. The first-order chi connectivity index (χ1) is 26.3. The van der Waals surface area contributed by atoms with Crippen molar-refractivity contribution in [1.82, 2.24) is 9.97 Å². The Morgan fingerprint density at radius 3 is 1.96 bits per heavy atom. The summed E-state index contributed by atoms with van der Waals surface area (Å²) >= 11 is 0. The summed E-state index contributed by atoms with van der Waals surface area (Å²) in [5, 5.41) is 14.0. The zero-order valence-corrected chi connectivity index (χ0v) is 35.9. The van der Waals surface area contributed by atoms with Gasteiger partial charge in [-0.3, -0.25) is 9.78 Å². The van der Waals surface area contributed by atoms with E-state index < -0.39 is 5.41 Å². The standard InChI is InChI=1S/C34H27N2.C17H26O2.Ir/c1-23-35-32(27-13-10-16-29(22-27)34(2,3)28-14-8-5-9-15-28)31-20-18-26-21-25(24-11-6-4-7-12-24)17-19-30(26)33(31)36-23;1-16(2,3)14(18)7-15(19)17-8-11-4-12(9-17)6-13(5-11)10-17;/h4-12,14-22H,1-3H3;7,11-13,19H,4-6,8-10H2,1-3H3;/q-1;;/b;15-7-;. The molecule has 4 fully saturated rings. The van der Waals surface area contributed by atoms with Crippen molar-refractivity contribution in [2.24, 2.45) is 28.6 Å². The van der Waals surface area contributed by atoms with Crippen LogP contribution < -0.4 is 0 Å². The van der Waals surface area contributed by atoms with E-state index in [1.165, 1.54) is 46.9 Å². The number of benzene rings is 5. The SMILES string of the molecule is CC(C)(C)C(=O)/C=C(\O)C12CC3CC(CC(C3)C1)C2.Cc1nc(-c2[c-]ccc(C(C)(C)c3ccccc3)c2)c2ccc3cc(-c4ccccc4)ccc3c2n1.[Ir]. The summed E-state index contributed by atoms with van der Waals surface area (Å²) in [7, 11) is 0. The van der Waals surface area contributed by atoms with Crippen LogP contribution in [0.25, 0.3) is 44.1 Å². The van der Waals surface area contributed by atoms with Crippen LogP contribution in [-0.4, -0.2) is 20.9 Å². The van der Waals surface area contributed by atoms with Crippen LogP contribution in [0.1, 0.15) is 90.1 Å². The zero-order valence-electron chi connectivity index (χ0n) is 33.5. The molecule has 1 N–H and O–H groups in total. The Hall–Kier alpha value is -4.44. The van der Waals surface area contributed by atoms with Crippen molar-refractivity contribution in [2.75, 3.05) is 0 Å². The third-order valence-corrected chi connectivity index (χ3v) is 12.8. The summed E-state index contributed by atoms with van der Waals surface area (Å²) in [6.45, 7) is 12.2. The monoisotopic (exact) mass is 918 g/mol. The Morgan fingerprint density at radius 1 is 0.732 bits per heavy atom. The summed E-state index contributed by atoms with van der Waals surface area (Å²) in [6.07, 6.45) is 8.96. The van der Waals surface area contributed by atoms with Crippen molar-refractivity contribution >= 4 is 27.5 Å². The third kappa shape index (κ3) is 7.78. The molecule has 56 heavy (non-hydrogen) atoms. The van der Waals surface area contributed by atoms with Gasteiger partial charge < -0.3 is 5.11 Å². The van der Waals surface area contributed by atoms with Crippen LogP contribution in [0.4, 0.5) is 0 Å². The minimum atomic E-state index is -0.393. The molecule has 0 aliphatic heterocycles. The molecule has 6 aromatic rings. The molecule has 1 heterocycles. The van der Waals surface area contributed by atoms with Crippen molar-refractivity contribution in [3.05, 3.63) is 144 Å². The fourth-order valence-corrected chi connectivity index (χ4v) is 9.98. The molecule has 0 amide bonds. The molecular weight excluding hydrogens is 865 g/mol. The Labute approximate surface area is 346 Å². The average molecular weight is 918 g/mol. The first-order valence-corrected chi connectivity index (χ1v) is 20.1. The van der Waals surface area contributed by atoms with E-state index in [2.05, 4.69) is 117 Å². The average Bonchev–Trinajstić information content (AvgIpc) is 3.17. The van der Waals surface area contributed by atoms with Crippen LogP contribution in [-0.2, 0) is 30.3 Å². The topological polar surface area (TPSA) is 63.1 Å². The maximum absolute atomic E-state index is 12.1. The minimum Gasteiger partial charge on any atom is -0.512 e. The number of aliphatic hydroxyl groups excluding tert-OH is 1. The number of aryl methyl sites for hydroxylation is 1. The number of allylic oxidation sites excluding steroid dienone is 2. The van der Waals surface area contributed by atoms with E-state index in [0.717, 1.165) is 70.4 Å². The van der Waals surface area contributed by atoms with Gasteiger partial charge in [0.25, 0.3) is 0 Å². The van der Waals surface area contributed by atoms with Gasteiger partial charge >= 0.3 is 0 Å². The number of carbonyl (C=O) groups is 1. The van der Waals surface area contributed by atoms with Gasteiger partial charge in [0.15, 0.2) is 5.78 Å². The molecule has 5 heteroatoms. The Bertz CT molecular complexity index is 2370. The second-order valence-corrected chi connectivity index (χ2v) is 18.2. The zero-order chi connectivity index (χ0) is 38.5. The molecule has 4 saturated carbocycles. The number of carbonyl (C=O) groups excluding carboxylic acids is 1. The molecule has 0 atom stereocenters. The van der Waals surface area contributed by atoms with Gasteiger partial charge in [0.1, 0.15) is 11.6 Å². The summed E-state index contributed by atoms with van der Waals surface area (Å²) < 4.78 is 0. The molecule has 1 aromatic heterocycles. The summed E-state index contributed by atoms with van der Waals surface area (Å²) in [5.41, 5.74) is 7.27. The largest absolute Gasteiger partial charge is 0.512 e. The quantitative estimate of drug-likeness (QED) is 0.0782. The second kappa shape index (κ2) is 15.5. The van der Waals surface area contributed by atoms with Gasteiger partial charge in [-0.25, -0.2) is 4.98 Å². The molecule has 10 rings (SSSR count).